The monoisotopic (exact) mass is 294 g/mol. The lowest BCUT2D eigenvalue weighted by Gasteiger charge is -2.39. The summed E-state index contributed by atoms with van der Waals surface area (Å²) in [4.78, 5) is 6.69. The van der Waals surface area contributed by atoms with Crippen LogP contribution in [0.25, 0.3) is 6.08 Å². The molecule has 22 heavy (non-hydrogen) atoms. The van der Waals surface area contributed by atoms with Crippen LogP contribution < -0.4 is 4.90 Å². The highest BCUT2D eigenvalue weighted by atomic mass is 16.3. The van der Waals surface area contributed by atoms with Gasteiger partial charge in [-0.05, 0) is 44.0 Å². The summed E-state index contributed by atoms with van der Waals surface area (Å²) in [6, 6.07) is 14.7. The van der Waals surface area contributed by atoms with Gasteiger partial charge in [0.05, 0.1) is 23.0 Å². The van der Waals surface area contributed by atoms with Gasteiger partial charge < -0.3 is 10.0 Å². The van der Waals surface area contributed by atoms with Gasteiger partial charge in [0.2, 0.25) is 0 Å². The molecule has 1 aliphatic heterocycles. The van der Waals surface area contributed by atoms with Crippen LogP contribution >= 0.6 is 0 Å². The summed E-state index contributed by atoms with van der Waals surface area (Å²) in [6.07, 6.45) is 7.00. The van der Waals surface area contributed by atoms with Crippen LogP contribution in [0.5, 0.6) is 0 Å². The van der Waals surface area contributed by atoms with E-state index >= 15 is 0 Å². The second kappa shape index (κ2) is 5.93. The van der Waals surface area contributed by atoms with E-state index in [2.05, 4.69) is 52.4 Å². The molecule has 0 radical (unpaired) electrons. The zero-order valence-corrected chi connectivity index (χ0v) is 13.1. The minimum Gasteiger partial charge on any atom is -0.389 e. The Morgan fingerprint density at radius 3 is 2.64 bits per heavy atom. The Labute approximate surface area is 131 Å². The highest BCUT2D eigenvalue weighted by molar-refractivity contribution is 5.69. The first-order valence-electron chi connectivity index (χ1n) is 7.69. The quantitative estimate of drug-likeness (QED) is 0.940. The Morgan fingerprint density at radius 2 is 1.91 bits per heavy atom. The van der Waals surface area contributed by atoms with E-state index in [-0.39, 0.29) is 6.04 Å². The van der Waals surface area contributed by atoms with Crippen LogP contribution in [0.3, 0.4) is 0 Å². The molecule has 0 spiro atoms. The largest absolute Gasteiger partial charge is 0.389 e. The Bertz CT molecular complexity index is 659. The third-order valence-electron chi connectivity index (χ3n) is 3.85. The van der Waals surface area contributed by atoms with Crippen LogP contribution in [0.2, 0.25) is 0 Å². The van der Waals surface area contributed by atoms with Crippen molar-refractivity contribution >= 4 is 11.8 Å². The number of benzene rings is 1. The van der Waals surface area contributed by atoms with Crippen molar-refractivity contribution in [3.8, 4) is 0 Å². The number of rotatable bonds is 4. The SMILES string of the molecule is CC(C)(O)CN1c2cccnc2C=CC1Cc1ccccc1. The van der Waals surface area contributed by atoms with Crippen molar-refractivity contribution in [1.82, 2.24) is 4.98 Å². The summed E-state index contributed by atoms with van der Waals surface area (Å²) in [6.45, 7) is 4.27. The summed E-state index contributed by atoms with van der Waals surface area (Å²) >= 11 is 0. The summed E-state index contributed by atoms with van der Waals surface area (Å²) in [5.74, 6) is 0. The molecule has 1 aromatic heterocycles. The van der Waals surface area contributed by atoms with Crippen LogP contribution in [0.15, 0.2) is 54.7 Å². The number of aliphatic hydroxyl groups is 1. The van der Waals surface area contributed by atoms with E-state index in [1.54, 1.807) is 0 Å². The zero-order valence-electron chi connectivity index (χ0n) is 13.1. The van der Waals surface area contributed by atoms with Crippen LogP contribution in [-0.4, -0.2) is 28.3 Å². The van der Waals surface area contributed by atoms with Gasteiger partial charge in [-0.3, -0.25) is 4.98 Å². The number of fused-ring (bicyclic) bond motifs is 1. The molecule has 2 aromatic rings. The minimum atomic E-state index is -0.757. The van der Waals surface area contributed by atoms with E-state index in [1.807, 2.05) is 32.2 Å². The molecule has 114 valence electrons. The fourth-order valence-corrected chi connectivity index (χ4v) is 2.92. The predicted octanol–water partition coefficient (Wildman–Crippen LogP) is 3.30. The maximum Gasteiger partial charge on any atom is 0.0860 e. The molecule has 1 atom stereocenters. The normalized spacial score (nSPS) is 17.4. The number of anilines is 1. The minimum absolute atomic E-state index is 0.227. The molecule has 0 saturated heterocycles. The smallest absolute Gasteiger partial charge is 0.0860 e. The van der Waals surface area contributed by atoms with Crippen molar-refractivity contribution in [2.75, 3.05) is 11.4 Å². The fraction of sp³-hybridized carbons (Fsp3) is 0.316. The van der Waals surface area contributed by atoms with E-state index in [1.165, 1.54) is 5.56 Å². The summed E-state index contributed by atoms with van der Waals surface area (Å²) in [7, 11) is 0. The van der Waals surface area contributed by atoms with E-state index in [9.17, 15) is 5.11 Å². The number of hydrogen-bond donors (Lipinski definition) is 1. The summed E-state index contributed by atoms with van der Waals surface area (Å²) in [5, 5.41) is 10.3. The average Bonchev–Trinajstić information content (AvgIpc) is 2.49. The number of hydrogen-bond acceptors (Lipinski definition) is 3. The Kier molecular flexibility index (Phi) is 3.99. The van der Waals surface area contributed by atoms with Crippen molar-refractivity contribution in [2.24, 2.45) is 0 Å². The van der Waals surface area contributed by atoms with Gasteiger partial charge in [-0.25, -0.2) is 0 Å². The van der Waals surface area contributed by atoms with Crippen LogP contribution in [-0.2, 0) is 6.42 Å². The molecule has 2 heterocycles. The van der Waals surface area contributed by atoms with Crippen molar-refractivity contribution in [2.45, 2.75) is 31.9 Å². The maximum absolute atomic E-state index is 10.3. The van der Waals surface area contributed by atoms with Crippen LogP contribution in [0.4, 0.5) is 5.69 Å². The van der Waals surface area contributed by atoms with Crippen molar-refractivity contribution in [3.63, 3.8) is 0 Å². The fourth-order valence-electron chi connectivity index (χ4n) is 2.92. The molecule has 0 fully saturated rings. The van der Waals surface area contributed by atoms with Gasteiger partial charge >= 0.3 is 0 Å². The molecule has 0 aliphatic carbocycles. The van der Waals surface area contributed by atoms with Gasteiger partial charge in [-0.1, -0.05) is 36.4 Å². The highest BCUT2D eigenvalue weighted by Gasteiger charge is 2.28. The molecule has 1 unspecified atom stereocenters. The van der Waals surface area contributed by atoms with Crippen LogP contribution in [0, 0.1) is 0 Å². The molecule has 0 amide bonds. The summed E-state index contributed by atoms with van der Waals surface area (Å²) < 4.78 is 0. The van der Waals surface area contributed by atoms with Gasteiger partial charge in [0.1, 0.15) is 0 Å². The average molecular weight is 294 g/mol. The number of nitrogens with zero attached hydrogens (tertiary/aromatic N) is 2. The molecule has 3 rings (SSSR count). The first kappa shape index (κ1) is 14.8. The lowest BCUT2D eigenvalue weighted by atomic mass is 9.97. The molecule has 1 N–H and O–H groups in total. The maximum atomic E-state index is 10.3. The second-order valence-electron chi connectivity index (χ2n) is 6.46. The first-order chi connectivity index (χ1) is 10.5. The van der Waals surface area contributed by atoms with Gasteiger partial charge in [0.25, 0.3) is 0 Å². The zero-order chi connectivity index (χ0) is 15.6. The Morgan fingerprint density at radius 1 is 1.14 bits per heavy atom. The topological polar surface area (TPSA) is 36.4 Å². The Balaban J connectivity index is 1.92. The van der Waals surface area contributed by atoms with Crippen LogP contribution in [0.1, 0.15) is 25.1 Å². The van der Waals surface area contributed by atoms with Crippen molar-refractivity contribution in [1.29, 1.82) is 0 Å². The molecule has 1 aliphatic rings. The van der Waals surface area contributed by atoms with Crippen molar-refractivity contribution < 1.29 is 5.11 Å². The predicted molar refractivity (Wildman–Crippen MR) is 90.8 cm³/mol. The molecular formula is C19H22N2O. The molecular weight excluding hydrogens is 272 g/mol. The molecule has 0 bridgehead atoms. The van der Waals surface area contributed by atoms with Crippen molar-refractivity contribution in [3.05, 3.63) is 66.0 Å². The van der Waals surface area contributed by atoms with Gasteiger partial charge in [-0.15, -0.1) is 0 Å². The molecule has 3 heteroatoms. The standard InChI is InChI=1S/C19H22N2O/c1-19(2,22)14-21-16(13-15-7-4-3-5-8-15)10-11-17-18(21)9-6-12-20-17/h3-12,16,22H,13-14H2,1-2H3. The lowest BCUT2D eigenvalue weighted by molar-refractivity contribution is 0.0859. The van der Waals surface area contributed by atoms with E-state index in [4.69, 9.17) is 0 Å². The van der Waals surface area contributed by atoms with E-state index < -0.39 is 5.60 Å². The molecule has 0 saturated carbocycles. The molecule has 3 nitrogen and oxygen atoms in total. The lowest BCUT2D eigenvalue weighted by Crippen LogP contribution is -2.46. The van der Waals surface area contributed by atoms with E-state index in [0.717, 1.165) is 17.8 Å². The molecule has 1 aromatic carbocycles. The first-order valence-corrected chi connectivity index (χ1v) is 7.69. The number of pyridine rings is 1. The van der Waals surface area contributed by atoms with Gasteiger partial charge in [0.15, 0.2) is 0 Å². The summed E-state index contributed by atoms with van der Waals surface area (Å²) in [5.41, 5.74) is 2.60. The Hall–Kier alpha value is -2.13. The second-order valence-corrected chi connectivity index (χ2v) is 6.46. The third kappa shape index (κ3) is 3.37. The van der Waals surface area contributed by atoms with Gasteiger partial charge in [0, 0.05) is 12.7 Å². The van der Waals surface area contributed by atoms with Gasteiger partial charge in [-0.2, -0.15) is 0 Å². The number of aromatic nitrogens is 1. The third-order valence-corrected chi connectivity index (χ3v) is 3.85. The van der Waals surface area contributed by atoms with E-state index in [0.29, 0.717) is 6.54 Å². The number of β-amino-alcohol motifs (C(OH)–C–C–N with tert-alkyl or cyclic N) is 1. The highest BCUT2D eigenvalue weighted by Crippen LogP contribution is 2.30.